The molecule has 26 heavy (non-hydrogen) atoms. The molecular formula is C18H24N2O4S2. The van der Waals surface area contributed by atoms with Crippen LogP contribution >= 0.6 is 0 Å². The maximum absolute atomic E-state index is 12.6. The molecule has 0 saturated carbocycles. The lowest BCUT2D eigenvalue weighted by Crippen LogP contribution is -2.23. The predicted octanol–water partition coefficient (Wildman–Crippen LogP) is 2.79. The summed E-state index contributed by atoms with van der Waals surface area (Å²) in [7, 11) is -4.42. The Balaban J connectivity index is 2.26. The first-order valence-corrected chi connectivity index (χ1v) is 11.2. The van der Waals surface area contributed by atoms with Gasteiger partial charge < -0.3 is 0 Å². The molecule has 0 aliphatic heterocycles. The van der Waals surface area contributed by atoms with E-state index in [1.54, 1.807) is 13.0 Å². The molecule has 1 unspecified atom stereocenters. The zero-order valence-electron chi connectivity index (χ0n) is 15.3. The molecule has 1 atom stereocenters. The lowest BCUT2D eigenvalue weighted by molar-refractivity contribution is 0.520. The summed E-state index contributed by atoms with van der Waals surface area (Å²) in [5.41, 5.74) is 1.85. The van der Waals surface area contributed by atoms with Crippen molar-refractivity contribution in [2.75, 3.05) is 24.6 Å². The van der Waals surface area contributed by atoms with Crippen LogP contribution < -0.4 is 4.72 Å². The van der Waals surface area contributed by atoms with Gasteiger partial charge in [-0.2, -0.15) is 0 Å². The van der Waals surface area contributed by atoms with Gasteiger partial charge in [-0.05, 0) is 36.1 Å². The third-order valence-electron chi connectivity index (χ3n) is 4.09. The van der Waals surface area contributed by atoms with E-state index in [0.717, 1.165) is 9.87 Å². The number of nitrogens with zero attached hydrogens (tertiary/aromatic N) is 1. The number of hydrogen-bond acceptors (Lipinski definition) is 4. The van der Waals surface area contributed by atoms with Crippen LogP contribution in [0.2, 0.25) is 0 Å². The second-order valence-electron chi connectivity index (χ2n) is 6.46. The summed E-state index contributed by atoms with van der Waals surface area (Å²) >= 11 is 0. The van der Waals surface area contributed by atoms with E-state index >= 15 is 0 Å². The van der Waals surface area contributed by atoms with Crippen molar-refractivity contribution in [3.63, 3.8) is 0 Å². The van der Waals surface area contributed by atoms with Crippen molar-refractivity contribution in [3.05, 3.63) is 59.7 Å². The van der Waals surface area contributed by atoms with Crippen LogP contribution in [0.25, 0.3) is 0 Å². The van der Waals surface area contributed by atoms with E-state index in [-0.39, 0.29) is 22.3 Å². The summed E-state index contributed by atoms with van der Waals surface area (Å²) in [6.07, 6.45) is 0. The number of aryl methyl sites for hydroxylation is 1. The van der Waals surface area contributed by atoms with E-state index in [4.69, 9.17) is 0 Å². The first-order chi connectivity index (χ1) is 12.0. The Hall–Kier alpha value is -1.90. The second-order valence-corrected chi connectivity index (χ2v) is 10.4. The summed E-state index contributed by atoms with van der Waals surface area (Å²) in [6, 6.07) is 13.8. The minimum Gasteiger partial charge on any atom is -0.283 e. The molecular weight excluding hydrogens is 372 g/mol. The standard InChI is InChI=1S/C18H24N2O4S2/c1-14-10-11-17(26(23,24)20(3)4)12-18(14)19-25(21,22)13-15(2)16-8-6-5-7-9-16/h5-12,15,19H,13H2,1-4H3. The molecule has 0 aromatic heterocycles. The zero-order valence-corrected chi connectivity index (χ0v) is 16.9. The van der Waals surface area contributed by atoms with Gasteiger partial charge in [-0.3, -0.25) is 4.72 Å². The average Bonchev–Trinajstić information content (AvgIpc) is 2.56. The fourth-order valence-electron chi connectivity index (χ4n) is 2.50. The van der Waals surface area contributed by atoms with Crippen LogP contribution in [-0.4, -0.2) is 41.0 Å². The molecule has 0 radical (unpaired) electrons. The van der Waals surface area contributed by atoms with Crippen LogP contribution in [0, 0.1) is 6.92 Å². The Morgan fingerprint density at radius 2 is 1.62 bits per heavy atom. The molecule has 0 saturated heterocycles. The van der Waals surface area contributed by atoms with Crippen molar-refractivity contribution in [1.82, 2.24) is 4.31 Å². The molecule has 2 aromatic carbocycles. The predicted molar refractivity (Wildman–Crippen MR) is 104 cm³/mol. The number of benzene rings is 2. The first-order valence-electron chi connectivity index (χ1n) is 8.11. The van der Waals surface area contributed by atoms with Gasteiger partial charge in [0, 0.05) is 14.1 Å². The highest BCUT2D eigenvalue weighted by molar-refractivity contribution is 7.92. The summed E-state index contributed by atoms with van der Waals surface area (Å²) in [4.78, 5) is 0.0434. The summed E-state index contributed by atoms with van der Waals surface area (Å²) < 4.78 is 53.3. The Morgan fingerprint density at radius 1 is 1.00 bits per heavy atom. The zero-order chi connectivity index (χ0) is 19.5. The van der Waals surface area contributed by atoms with E-state index in [2.05, 4.69) is 4.72 Å². The molecule has 0 bridgehead atoms. The lowest BCUT2D eigenvalue weighted by Gasteiger charge is -2.17. The van der Waals surface area contributed by atoms with Crippen molar-refractivity contribution >= 4 is 25.7 Å². The van der Waals surface area contributed by atoms with Gasteiger partial charge in [0.05, 0.1) is 16.3 Å². The molecule has 1 N–H and O–H groups in total. The highest BCUT2D eigenvalue weighted by Crippen LogP contribution is 2.24. The van der Waals surface area contributed by atoms with Gasteiger partial charge in [0.15, 0.2) is 0 Å². The van der Waals surface area contributed by atoms with Gasteiger partial charge in [-0.25, -0.2) is 21.1 Å². The van der Waals surface area contributed by atoms with Gasteiger partial charge in [0.1, 0.15) is 0 Å². The Kier molecular flexibility index (Phi) is 6.10. The first kappa shape index (κ1) is 20.4. The SMILES string of the molecule is Cc1ccc(S(=O)(=O)N(C)C)cc1NS(=O)(=O)CC(C)c1ccccc1. The molecule has 0 spiro atoms. The monoisotopic (exact) mass is 396 g/mol. The summed E-state index contributed by atoms with van der Waals surface area (Å²) in [5.74, 6) is -0.288. The largest absolute Gasteiger partial charge is 0.283 e. The number of hydrogen-bond donors (Lipinski definition) is 1. The van der Waals surface area contributed by atoms with Gasteiger partial charge in [0.2, 0.25) is 20.0 Å². The minimum atomic E-state index is -3.65. The van der Waals surface area contributed by atoms with Crippen LogP contribution in [0.3, 0.4) is 0 Å². The quantitative estimate of drug-likeness (QED) is 0.780. The molecule has 0 aliphatic carbocycles. The smallest absolute Gasteiger partial charge is 0.242 e. The van der Waals surface area contributed by atoms with Crippen LogP contribution in [0.15, 0.2) is 53.4 Å². The normalized spacial score (nSPS) is 13.6. The van der Waals surface area contributed by atoms with Crippen molar-refractivity contribution in [1.29, 1.82) is 0 Å². The Bertz CT molecular complexity index is 970. The average molecular weight is 397 g/mol. The third kappa shape index (κ3) is 4.84. The Labute approximate surface area is 156 Å². The number of rotatable bonds is 7. The lowest BCUT2D eigenvalue weighted by atomic mass is 10.0. The van der Waals surface area contributed by atoms with Crippen LogP contribution in [0.4, 0.5) is 5.69 Å². The van der Waals surface area contributed by atoms with E-state index in [9.17, 15) is 16.8 Å². The van der Waals surface area contributed by atoms with Gasteiger partial charge in [0.25, 0.3) is 0 Å². The summed E-state index contributed by atoms with van der Waals surface area (Å²) in [6.45, 7) is 3.57. The van der Waals surface area contributed by atoms with Gasteiger partial charge in [-0.1, -0.05) is 43.3 Å². The van der Waals surface area contributed by atoms with Gasteiger partial charge >= 0.3 is 0 Å². The molecule has 0 aliphatic rings. The molecule has 142 valence electrons. The van der Waals surface area contributed by atoms with Crippen LogP contribution in [0.1, 0.15) is 24.0 Å². The second kappa shape index (κ2) is 7.77. The molecule has 6 nitrogen and oxygen atoms in total. The van der Waals surface area contributed by atoms with Crippen molar-refractivity contribution in [2.45, 2.75) is 24.7 Å². The fraction of sp³-hybridized carbons (Fsp3) is 0.333. The highest BCUT2D eigenvalue weighted by atomic mass is 32.2. The number of anilines is 1. The third-order valence-corrected chi connectivity index (χ3v) is 7.37. The fourth-order valence-corrected chi connectivity index (χ4v) is 4.92. The van der Waals surface area contributed by atoms with E-state index < -0.39 is 20.0 Å². The molecule has 0 amide bonds. The van der Waals surface area contributed by atoms with Crippen molar-refractivity contribution < 1.29 is 16.8 Å². The number of sulfonamides is 2. The molecule has 2 aromatic rings. The van der Waals surface area contributed by atoms with Crippen LogP contribution in [-0.2, 0) is 20.0 Å². The highest BCUT2D eigenvalue weighted by Gasteiger charge is 2.21. The molecule has 2 rings (SSSR count). The maximum atomic E-state index is 12.6. The molecule has 8 heteroatoms. The molecule has 0 fully saturated rings. The van der Waals surface area contributed by atoms with Crippen molar-refractivity contribution in [3.8, 4) is 0 Å². The topological polar surface area (TPSA) is 83.6 Å². The summed E-state index contributed by atoms with van der Waals surface area (Å²) in [5, 5.41) is 0. The Morgan fingerprint density at radius 3 is 2.19 bits per heavy atom. The van der Waals surface area contributed by atoms with E-state index in [1.807, 2.05) is 37.3 Å². The van der Waals surface area contributed by atoms with Crippen molar-refractivity contribution in [2.24, 2.45) is 0 Å². The number of nitrogens with one attached hydrogen (secondary N) is 1. The maximum Gasteiger partial charge on any atom is 0.242 e. The molecule has 0 heterocycles. The van der Waals surface area contributed by atoms with Gasteiger partial charge in [-0.15, -0.1) is 0 Å². The minimum absolute atomic E-state index is 0.0434. The van der Waals surface area contributed by atoms with E-state index in [0.29, 0.717) is 5.56 Å². The van der Waals surface area contributed by atoms with E-state index in [1.165, 1.54) is 26.2 Å². The van der Waals surface area contributed by atoms with Crippen LogP contribution in [0.5, 0.6) is 0 Å².